The van der Waals surface area contributed by atoms with Gasteiger partial charge in [-0.15, -0.1) is 0 Å². The van der Waals surface area contributed by atoms with Gasteiger partial charge in [0.1, 0.15) is 11.7 Å². The van der Waals surface area contributed by atoms with Crippen LogP contribution in [0, 0.1) is 5.41 Å². The molecule has 2 atom stereocenters. The van der Waals surface area contributed by atoms with E-state index in [9.17, 15) is 0 Å². The molecule has 0 fully saturated rings. The molecule has 2 unspecified atom stereocenters. The molecule has 4 nitrogen and oxygen atoms in total. The number of ether oxygens (including phenoxy) is 4. The van der Waals surface area contributed by atoms with E-state index in [4.69, 9.17) is 18.9 Å². The summed E-state index contributed by atoms with van der Waals surface area (Å²) in [7, 11) is 0. The number of hydrogen-bond donors (Lipinski definition) is 0. The van der Waals surface area contributed by atoms with Crippen LogP contribution in [0.3, 0.4) is 0 Å². The van der Waals surface area contributed by atoms with Gasteiger partial charge >= 0.3 is 0 Å². The molecule has 0 spiro atoms. The third-order valence-electron chi connectivity index (χ3n) is 4.59. The van der Waals surface area contributed by atoms with Gasteiger partial charge in [0.05, 0.1) is 0 Å². The maximum Gasteiger partial charge on any atom is 0.225 e. The van der Waals surface area contributed by atoms with Crippen LogP contribution in [0.1, 0.15) is 75.2 Å². The maximum absolute atomic E-state index is 6.31. The second kappa shape index (κ2) is 12.1. The van der Waals surface area contributed by atoms with E-state index in [-0.39, 0.29) is 33.9 Å². The predicted molar refractivity (Wildman–Crippen MR) is 95.8 cm³/mol. The zero-order valence-electron chi connectivity index (χ0n) is 17.4. The van der Waals surface area contributed by atoms with Crippen LogP contribution in [-0.4, -0.2) is 43.9 Å². The first-order valence-corrected chi connectivity index (χ1v) is 9.24. The standard InChI is InChI=1S/C19H40O4.Ta/c1-10-15-16(20-11-2)19(22-13-4,23-14-5)18(9,21-12-3)17(6,7)8;/h16H,10-15H2,1-9H3;. The minimum absolute atomic E-state index is 0. The summed E-state index contributed by atoms with van der Waals surface area (Å²) in [5.74, 6) is -0.934. The van der Waals surface area contributed by atoms with Crippen LogP contribution < -0.4 is 0 Å². The fraction of sp³-hybridized carbons (Fsp3) is 1.00. The summed E-state index contributed by atoms with van der Waals surface area (Å²) < 4.78 is 25.0. The molecular weight excluding hydrogens is 473 g/mol. The smallest absolute Gasteiger partial charge is 0.225 e. The molecule has 0 aliphatic carbocycles. The first-order chi connectivity index (χ1) is 10.7. The van der Waals surface area contributed by atoms with Crippen LogP contribution in [0.15, 0.2) is 0 Å². The van der Waals surface area contributed by atoms with Crippen molar-refractivity contribution in [3.05, 3.63) is 0 Å². The van der Waals surface area contributed by atoms with Gasteiger partial charge in [0.2, 0.25) is 5.79 Å². The normalized spacial score (nSPS) is 16.4. The van der Waals surface area contributed by atoms with Crippen molar-refractivity contribution in [2.24, 2.45) is 5.41 Å². The molecule has 0 aromatic carbocycles. The van der Waals surface area contributed by atoms with Crippen LogP contribution in [0.25, 0.3) is 0 Å². The van der Waals surface area contributed by atoms with Gasteiger partial charge < -0.3 is 18.9 Å². The summed E-state index contributed by atoms with van der Waals surface area (Å²) in [6.45, 7) is 21.1. The Kier molecular flexibility index (Phi) is 13.5. The quantitative estimate of drug-likeness (QED) is 0.352. The molecule has 145 valence electrons. The topological polar surface area (TPSA) is 36.9 Å². The van der Waals surface area contributed by atoms with Crippen molar-refractivity contribution in [3.63, 3.8) is 0 Å². The molecule has 0 aliphatic heterocycles. The second-order valence-electron chi connectivity index (χ2n) is 6.98. The van der Waals surface area contributed by atoms with Crippen LogP contribution in [-0.2, 0) is 41.3 Å². The minimum atomic E-state index is -0.934. The van der Waals surface area contributed by atoms with E-state index in [0.717, 1.165) is 12.8 Å². The van der Waals surface area contributed by atoms with Crippen molar-refractivity contribution in [2.45, 2.75) is 92.6 Å². The fourth-order valence-electron chi connectivity index (χ4n) is 3.21. The molecule has 0 aliphatic rings. The zero-order valence-corrected chi connectivity index (χ0v) is 20.6. The average Bonchev–Trinajstić information content (AvgIpc) is 2.45. The Hall–Kier alpha value is 0.580. The van der Waals surface area contributed by atoms with Crippen LogP contribution in [0.2, 0.25) is 0 Å². The summed E-state index contributed by atoms with van der Waals surface area (Å²) in [6, 6.07) is 0. The first kappa shape index (κ1) is 26.8. The molecule has 0 bridgehead atoms. The van der Waals surface area contributed by atoms with E-state index in [1.807, 2.05) is 27.7 Å². The number of rotatable bonds is 12. The van der Waals surface area contributed by atoms with Crippen LogP contribution in [0.4, 0.5) is 0 Å². The van der Waals surface area contributed by atoms with Crippen LogP contribution in [0.5, 0.6) is 0 Å². The van der Waals surface area contributed by atoms with Crippen molar-refractivity contribution in [3.8, 4) is 0 Å². The molecule has 24 heavy (non-hydrogen) atoms. The Morgan fingerprint density at radius 3 is 1.46 bits per heavy atom. The molecule has 1 radical (unpaired) electrons. The van der Waals surface area contributed by atoms with E-state index >= 15 is 0 Å². The third kappa shape index (κ3) is 5.80. The predicted octanol–water partition coefficient (Wildman–Crippen LogP) is 4.80. The monoisotopic (exact) mass is 513 g/mol. The van der Waals surface area contributed by atoms with Gasteiger partial charge in [0.25, 0.3) is 0 Å². The zero-order chi connectivity index (χ0) is 18.1. The molecule has 0 aromatic heterocycles. The molecule has 0 rings (SSSR count). The average molecular weight is 513 g/mol. The molecule has 0 saturated carbocycles. The van der Waals surface area contributed by atoms with Gasteiger partial charge in [-0.2, -0.15) is 0 Å². The van der Waals surface area contributed by atoms with Gasteiger partial charge in [0.15, 0.2) is 0 Å². The molecule has 0 heterocycles. The van der Waals surface area contributed by atoms with E-state index < -0.39 is 11.4 Å². The Morgan fingerprint density at radius 1 is 0.708 bits per heavy atom. The maximum atomic E-state index is 6.31. The summed E-state index contributed by atoms with van der Waals surface area (Å²) in [5, 5.41) is 0. The van der Waals surface area contributed by atoms with E-state index in [0.29, 0.717) is 26.4 Å². The Morgan fingerprint density at radius 2 is 1.17 bits per heavy atom. The van der Waals surface area contributed by atoms with Gasteiger partial charge in [-0.25, -0.2) is 0 Å². The van der Waals surface area contributed by atoms with E-state index in [1.54, 1.807) is 0 Å². The van der Waals surface area contributed by atoms with Crippen molar-refractivity contribution in [2.75, 3.05) is 26.4 Å². The van der Waals surface area contributed by atoms with Gasteiger partial charge in [-0.05, 0) is 46.5 Å². The largest absolute Gasteiger partial charge is 0.373 e. The van der Waals surface area contributed by atoms with Crippen molar-refractivity contribution >= 4 is 0 Å². The Bertz CT molecular complexity index is 305. The molecule has 0 saturated heterocycles. The Labute approximate surface area is 165 Å². The van der Waals surface area contributed by atoms with Gasteiger partial charge in [0, 0.05) is 48.8 Å². The van der Waals surface area contributed by atoms with Crippen molar-refractivity contribution in [1.29, 1.82) is 0 Å². The van der Waals surface area contributed by atoms with Crippen molar-refractivity contribution in [1.82, 2.24) is 0 Å². The first-order valence-electron chi connectivity index (χ1n) is 9.24. The number of hydrogen-bond acceptors (Lipinski definition) is 4. The molecule has 0 aromatic rings. The Balaban J connectivity index is 0. The minimum Gasteiger partial charge on any atom is -0.373 e. The molecule has 0 amide bonds. The summed E-state index contributed by atoms with van der Waals surface area (Å²) in [6.07, 6.45) is 1.69. The molecular formula is C19H40O4Ta. The summed E-state index contributed by atoms with van der Waals surface area (Å²) in [5.41, 5.74) is -0.827. The fourth-order valence-corrected chi connectivity index (χ4v) is 3.21. The van der Waals surface area contributed by atoms with Gasteiger partial charge in [-0.1, -0.05) is 34.1 Å². The second-order valence-corrected chi connectivity index (χ2v) is 6.98. The van der Waals surface area contributed by atoms with Crippen LogP contribution >= 0.6 is 0 Å². The summed E-state index contributed by atoms with van der Waals surface area (Å²) >= 11 is 0. The van der Waals surface area contributed by atoms with Gasteiger partial charge in [-0.3, -0.25) is 0 Å². The third-order valence-corrected chi connectivity index (χ3v) is 4.59. The summed E-state index contributed by atoms with van der Waals surface area (Å²) in [4.78, 5) is 0. The molecule has 0 N–H and O–H groups in total. The van der Waals surface area contributed by atoms with Crippen molar-refractivity contribution < 1.29 is 41.3 Å². The van der Waals surface area contributed by atoms with E-state index in [2.05, 4.69) is 34.6 Å². The molecule has 5 heteroatoms. The SMILES string of the molecule is CCCC(OCC)C(OCC)(OCC)C(C)(OCC)C(C)(C)C.[Ta]. The van der Waals surface area contributed by atoms with E-state index in [1.165, 1.54) is 0 Å².